The fourth-order valence-electron chi connectivity index (χ4n) is 2.59. The van der Waals surface area contributed by atoms with Gasteiger partial charge in [-0.3, -0.25) is 4.79 Å². The summed E-state index contributed by atoms with van der Waals surface area (Å²) in [6, 6.07) is 0. The number of alkyl halides is 3. The molecule has 1 saturated carbocycles. The van der Waals surface area contributed by atoms with Crippen molar-refractivity contribution in [3.63, 3.8) is 0 Å². The Kier molecular flexibility index (Phi) is 3.78. The molecule has 0 spiro atoms. The maximum Gasteiger partial charge on any atom is 0.417 e. The molecule has 0 N–H and O–H groups in total. The third-order valence-corrected chi connectivity index (χ3v) is 4.69. The van der Waals surface area contributed by atoms with Crippen molar-refractivity contribution in [1.29, 1.82) is 0 Å². The predicted molar refractivity (Wildman–Crippen MR) is 69.4 cm³/mol. The molecule has 0 unspecified atom stereocenters. The lowest BCUT2D eigenvalue weighted by molar-refractivity contribution is -0.137. The number of ketones is 1. The molecular formula is C14H17F3OS. The van der Waals surface area contributed by atoms with Gasteiger partial charge < -0.3 is 0 Å². The summed E-state index contributed by atoms with van der Waals surface area (Å²) in [4.78, 5) is 12.2. The second kappa shape index (κ2) is 4.93. The van der Waals surface area contributed by atoms with Gasteiger partial charge in [-0.25, -0.2) is 0 Å². The molecule has 0 atom stereocenters. The lowest BCUT2D eigenvalue weighted by Crippen LogP contribution is -2.27. The van der Waals surface area contributed by atoms with Crippen LogP contribution in [0.5, 0.6) is 0 Å². The summed E-state index contributed by atoms with van der Waals surface area (Å²) >= 11 is 0.944. The first-order chi connectivity index (χ1) is 8.71. The Morgan fingerprint density at radius 3 is 2.37 bits per heavy atom. The van der Waals surface area contributed by atoms with Gasteiger partial charge in [-0.2, -0.15) is 24.5 Å². The van der Waals surface area contributed by atoms with Crippen LogP contribution in [-0.4, -0.2) is 5.78 Å². The smallest absolute Gasteiger partial charge is 0.294 e. The van der Waals surface area contributed by atoms with Gasteiger partial charge in [-0.05, 0) is 31.1 Å². The molecule has 1 aliphatic rings. The fraction of sp³-hybridized carbons (Fsp3) is 0.643. The van der Waals surface area contributed by atoms with E-state index in [4.69, 9.17) is 0 Å². The highest BCUT2D eigenvalue weighted by Gasteiger charge is 2.38. The van der Waals surface area contributed by atoms with Crippen LogP contribution in [0, 0.1) is 11.3 Å². The zero-order valence-electron chi connectivity index (χ0n) is 11.0. The first-order valence-electron chi connectivity index (χ1n) is 6.38. The zero-order valence-corrected chi connectivity index (χ0v) is 11.8. The molecular weight excluding hydrogens is 273 g/mol. The highest BCUT2D eigenvalue weighted by molar-refractivity contribution is 7.08. The van der Waals surface area contributed by atoms with Crippen LogP contribution in [0.2, 0.25) is 0 Å². The number of thiophene rings is 1. The van der Waals surface area contributed by atoms with Gasteiger partial charge in [0.15, 0.2) is 5.78 Å². The van der Waals surface area contributed by atoms with Crippen LogP contribution in [0.1, 0.15) is 55.5 Å². The summed E-state index contributed by atoms with van der Waals surface area (Å²) < 4.78 is 38.4. The van der Waals surface area contributed by atoms with Crippen molar-refractivity contribution in [2.75, 3.05) is 0 Å². The van der Waals surface area contributed by atoms with E-state index in [2.05, 4.69) is 13.8 Å². The molecule has 0 saturated heterocycles. The largest absolute Gasteiger partial charge is 0.417 e. The van der Waals surface area contributed by atoms with E-state index in [9.17, 15) is 18.0 Å². The lowest BCUT2D eigenvalue weighted by atomic mass is 9.71. The second-order valence-corrected chi connectivity index (χ2v) is 6.74. The van der Waals surface area contributed by atoms with Crippen molar-refractivity contribution in [1.82, 2.24) is 0 Å². The van der Waals surface area contributed by atoms with E-state index in [1.807, 2.05) is 0 Å². The van der Waals surface area contributed by atoms with Crippen molar-refractivity contribution in [2.24, 2.45) is 11.3 Å². The third-order valence-electron chi connectivity index (χ3n) is 3.94. The number of hydrogen-bond acceptors (Lipinski definition) is 2. The number of rotatable bonds is 2. The Hall–Kier alpha value is -0.840. The Labute approximate surface area is 114 Å². The monoisotopic (exact) mass is 290 g/mol. The molecule has 0 aliphatic heterocycles. The van der Waals surface area contributed by atoms with Gasteiger partial charge in [-0.15, -0.1) is 0 Å². The summed E-state index contributed by atoms with van der Waals surface area (Å²) in [5.74, 6) is -0.576. The summed E-state index contributed by atoms with van der Waals surface area (Å²) in [6.45, 7) is 4.28. The van der Waals surface area contributed by atoms with E-state index >= 15 is 0 Å². The van der Waals surface area contributed by atoms with Crippen LogP contribution >= 0.6 is 11.3 Å². The van der Waals surface area contributed by atoms with Crippen molar-refractivity contribution in [3.8, 4) is 0 Å². The van der Waals surface area contributed by atoms with Gasteiger partial charge in [0.2, 0.25) is 0 Å². The van der Waals surface area contributed by atoms with Gasteiger partial charge in [-0.1, -0.05) is 13.8 Å². The van der Waals surface area contributed by atoms with Crippen molar-refractivity contribution in [2.45, 2.75) is 45.7 Å². The number of hydrogen-bond donors (Lipinski definition) is 0. The van der Waals surface area contributed by atoms with Gasteiger partial charge in [0.05, 0.1) is 5.56 Å². The SMILES string of the molecule is CC1(C)CCC(C(=O)c2cscc2C(F)(F)F)CC1. The Morgan fingerprint density at radius 1 is 1.26 bits per heavy atom. The van der Waals surface area contributed by atoms with E-state index < -0.39 is 11.7 Å². The maximum atomic E-state index is 12.8. The van der Waals surface area contributed by atoms with E-state index in [-0.39, 0.29) is 22.7 Å². The molecule has 1 aromatic heterocycles. The molecule has 1 nitrogen and oxygen atoms in total. The highest BCUT2D eigenvalue weighted by Crippen LogP contribution is 2.41. The van der Waals surface area contributed by atoms with Crippen LogP contribution in [0.3, 0.4) is 0 Å². The standard InChI is InChI=1S/C14H17F3OS/c1-13(2)5-3-9(4-6-13)12(18)10-7-19-8-11(10)14(15,16)17/h7-9H,3-6H2,1-2H3. The molecule has 106 valence electrons. The summed E-state index contributed by atoms with van der Waals surface area (Å²) in [5.41, 5.74) is -0.701. The maximum absolute atomic E-state index is 12.8. The topological polar surface area (TPSA) is 17.1 Å². The van der Waals surface area contributed by atoms with Crippen LogP contribution < -0.4 is 0 Å². The minimum absolute atomic E-state index is 0.137. The molecule has 19 heavy (non-hydrogen) atoms. The van der Waals surface area contributed by atoms with Crippen LogP contribution in [0.15, 0.2) is 10.8 Å². The van der Waals surface area contributed by atoms with Crippen molar-refractivity contribution in [3.05, 3.63) is 21.9 Å². The summed E-state index contributed by atoms with van der Waals surface area (Å²) in [5, 5.41) is 2.37. The molecule has 1 aromatic rings. The zero-order chi connectivity index (χ0) is 14.3. The number of halogens is 3. The fourth-order valence-corrected chi connectivity index (χ4v) is 3.43. The number of Topliss-reactive ketones (excluding diaryl/α,β-unsaturated/α-hetero) is 1. The average molecular weight is 290 g/mol. The van der Waals surface area contributed by atoms with Crippen molar-refractivity contribution >= 4 is 17.1 Å². The van der Waals surface area contributed by atoms with Crippen molar-refractivity contribution < 1.29 is 18.0 Å². The molecule has 0 amide bonds. The third kappa shape index (κ3) is 3.19. The molecule has 1 heterocycles. The Bertz CT molecular complexity index is 463. The first-order valence-corrected chi connectivity index (χ1v) is 7.32. The molecule has 5 heteroatoms. The molecule has 0 aromatic carbocycles. The van der Waals surface area contributed by atoms with Gasteiger partial charge in [0.1, 0.15) is 0 Å². The van der Waals surface area contributed by atoms with Crippen LogP contribution in [0.4, 0.5) is 13.2 Å². The molecule has 1 aliphatic carbocycles. The summed E-state index contributed by atoms with van der Waals surface area (Å²) in [6.07, 6.45) is -1.25. The van der Waals surface area contributed by atoms with E-state index in [0.29, 0.717) is 12.8 Å². The quantitative estimate of drug-likeness (QED) is 0.687. The first kappa shape index (κ1) is 14.6. The minimum atomic E-state index is -4.43. The molecule has 0 bridgehead atoms. The number of carbonyl (C=O) groups excluding carboxylic acids is 1. The predicted octanol–water partition coefficient (Wildman–Crippen LogP) is 5.17. The molecule has 0 radical (unpaired) electrons. The van der Waals surface area contributed by atoms with Crippen LogP contribution in [0.25, 0.3) is 0 Å². The van der Waals surface area contributed by atoms with Crippen LogP contribution in [-0.2, 0) is 6.18 Å². The van der Waals surface area contributed by atoms with Gasteiger partial charge in [0, 0.05) is 22.2 Å². The minimum Gasteiger partial charge on any atom is -0.294 e. The van der Waals surface area contributed by atoms with Gasteiger partial charge >= 0.3 is 6.18 Å². The van der Waals surface area contributed by atoms with E-state index in [0.717, 1.165) is 29.6 Å². The van der Waals surface area contributed by atoms with Gasteiger partial charge in [0.25, 0.3) is 0 Å². The van der Waals surface area contributed by atoms with E-state index in [1.165, 1.54) is 5.38 Å². The number of carbonyl (C=O) groups is 1. The Balaban J connectivity index is 2.16. The normalized spacial score (nSPS) is 20.5. The van der Waals surface area contributed by atoms with E-state index in [1.54, 1.807) is 0 Å². The molecule has 1 fully saturated rings. The highest BCUT2D eigenvalue weighted by atomic mass is 32.1. The molecule has 2 rings (SSSR count). The lowest BCUT2D eigenvalue weighted by Gasteiger charge is -2.33. The average Bonchev–Trinajstić information content (AvgIpc) is 2.76. The second-order valence-electron chi connectivity index (χ2n) is 6.00. The summed E-state index contributed by atoms with van der Waals surface area (Å²) in [7, 11) is 0. The Morgan fingerprint density at radius 2 is 1.84 bits per heavy atom.